The van der Waals surface area contributed by atoms with Crippen molar-refractivity contribution in [3.63, 3.8) is 0 Å². The molecule has 0 spiro atoms. The van der Waals surface area contributed by atoms with E-state index in [9.17, 15) is 19.5 Å². The highest BCUT2D eigenvalue weighted by Crippen LogP contribution is 2.31. The zero-order chi connectivity index (χ0) is 21.4. The van der Waals surface area contributed by atoms with E-state index in [1.807, 2.05) is 4.90 Å². The van der Waals surface area contributed by atoms with Gasteiger partial charge in [-0.15, -0.1) is 0 Å². The molecule has 3 heterocycles. The quantitative estimate of drug-likeness (QED) is 0.600. The lowest BCUT2D eigenvalue weighted by atomic mass is 10.0. The average Bonchev–Trinajstić information content (AvgIpc) is 3.25. The highest BCUT2D eigenvalue weighted by atomic mass is 16.5. The second kappa shape index (κ2) is 8.20. The molecule has 8 nitrogen and oxygen atoms in total. The Morgan fingerprint density at radius 1 is 1.20 bits per heavy atom. The Hall–Kier alpha value is -2.71. The molecule has 0 radical (unpaired) electrons. The van der Waals surface area contributed by atoms with Crippen molar-refractivity contribution in [1.29, 1.82) is 0 Å². The van der Waals surface area contributed by atoms with Gasteiger partial charge in [0.15, 0.2) is 5.78 Å². The van der Waals surface area contributed by atoms with E-state index in [4.69, 9.17) is 9.15 Å². The Balaban J connectivity index is 1.54. The minimum atomic E-state index is -0.699. The lowest BCUT2D eigenvalue weighted by Crippen LogP contribution is -2.50. The number of fused-ring (bicyclic) bond motifs is 1. The number of piperazine rings is 1. The maximum Gasteiger partial charge on any atom is 0.347 e. The zero-order valence-corrected chi connectivity index (χ0v) is 17.3. The summed E-state index contributed by atoms with van der Waals surface area (Å²) in [5.41, 5.74) is 0.864. The van der Waals surface area contributed by atoms with Gasteiger partial charge in [0.2, 0.25) is 5.91 Å². The van der Waals surface area contributed by atoms with Crippen molar-refractivity contribution < 1.29 is 23.8 Å². The SMILES string of the molecule is CC(=O)c1cc2c(C)cc(O)c(CN3CCN(C(=O)C4CCOC4)CC3)c2oc1=O. The van der Waals surface area contributed by atoms with Crippen molar-refractivity contribution in [2.24, 2.45) is 5.92 Å². The number of nitrogens with zero attached hydrogens (tertiary/aromatic N) is 2. The van der Waals surface area contributed by atoms with Crippen LogP contribution in [0.2, 0.25) is 0 Å². The Morgan fingerprint density at radius 3 is 2.57 bits per heavy atom. The number of rotatable bonds is 4. The molecule has 2 aliphatic heterocycles. The maximum atomic E-state index is 12.6. The zero-order valence-electron chi connectivity index (χ0n) is 17.3. The largest absolute Gasteiger partial charge is 0.507 e. The number of phenolic OH excluding ortho intramolecular Hbond substituents is 1. The summed E-state index contributed by atoms with van der Waals surface area (Å²) in [6.45, 7) is 7.19. The first-order valence-electron chi connectivity index (χ1n) is 10.2. The van der Waals surface area contributed by atoms with Gasteiger partial charge in [-0.1, -0.05) is 0 Å². The van der Waals surface area contributed by atoms with Gasteiger partial charge in [-0.05, 0) is 38.0 Å². The summed E-state index contributed by atoms with van der Waals surface area (Å²) in [6, 6.07) is 3.17. The minimum absolute atomic E-state index is 0.00487. The first-order valence-corrected chi connectivity index (χ1v) is 10.2. The van der Waals surface area contributed by atoms with Gasteiger partial charge in [-0.25, -0.2) is 4.79 Å². The van der Waals surface area contributed by atoms with Crippen molar-refractivity contribution in [2.45, 2.75) is 26.8 Å². The second-order valence-corrected chi connectivity index (χ2v) is 8.10. The normalized spacial score (nSPS) is 20.1. The van der Waals surface area contributed by atoms with Crippen LogP contribution in [0, 0.1) is 12.8 Å². The van der Waals surface area contributed by atoms with Crippen LogP contribution < -0.4 is 5.63 Å². The standard InChI is InChI=1S/C22H26N2O6/c1-13-9-19(26)18(20-16(13)10-17(14(2)25)22(28)30-20)11-23-4-6-24(7-5-23)21(27)15-3-8-29-12-15/h9-10,15,26H,3-8,11-12H2,1-2H3. The van der Waals surface area contributed by atoms with E-state index in [0.29, 0.717) is 62.5 Å². The van der Waals surface area contributed by atoms with Gasteiger partial charge >= 0.3 is 5.63 Å². The topological polar surface area (TPSA) is 100 Å². The van der Waals surface area contributed by atoms with Crippen molar-refractivity contribution in [1.82, 2.24) is 9.80 Å². The van der Waals surface area contributed by atoms with E-state index < -0.39 is 5.63 Å². The van der Waals surface area contributed by atoms with Crippen molar-refractivity contribution in [3.8, 4) is 5.75 Å². The molecular weight excluding hydrogens is 388 g/mol. The Labute approximate surface area is 174 Å². The van der Waals surface area contributed by atoms with Gasteiger partial charge in [0.1, 0.15) is 16.9 Å². The molecule has 0 saturated carbocycles. The summed E-state index contributed by atoms with van der Waals surface area (Å²) < 4.78 is 10.8. The molecular formula is C22H26N2O6. The fraction of sp³-hybridized carbons (Fsp3) is 0.500. The molecule has 1 unspecified atom stereocenters. The van der Waals surface area contributed by atoms with E-state index in [1.54, 1.807) is 19.1 Å². The Bertz CT molecular complexity index is 1050. The lowest BCUT2D eigenvalue weighted by Gasteiger charge is -2.36. The van der Waals surface area contributed by atoms with E-state index in [0.717, 1.165) is 12.0 Å². The van der Waals surface area contributed by atoms with E-state index in [1.165, 1.54) is 6.92 Å². The molecule has 2 saturated heterocycles. The van der Waals surface area contributed by atoms with Crippen LogP contribution in [0.5, 0.6) is 5.75 Å². The van der Waals surface area contributed by atoms with E-state index >= 15 is 0 Å². The number of ether oxygens (including phenoxy) is 1. The number of ketones is 1. The smallest absolute Gasteiger partial charge is 0.347 e. The second-order valence-electron chi connectivity index (χ2n) is 8.10. The molecule has 8 heteroatoms. The first kappa shape index (κ1) is 20.6. The number of aryl methyl sites for hydroxylation is 1. The minimum Gasteiger partial charge on any atom is -0.507 e. The van der Waals surface area contributed by atoms with Crippen LogP contribution in [0.15, 0.2) is 21.3 Å². The maximum absolute atomic E-state index is 12.6. The predicted octanol–water partition coefficient (Wildman–Crippen LogP) is 1.69. The highest BCUT2D eigenvalue weighted by molar-refractivity contribution is 5.97. The third-order valence-electron chi connectivity index (χ3n) is 6.03. The van der Waals surface area contributed by atoms with Crippen LogP contribution in [0.4, 0.5) is 0 Å². The molecule has 2 fully saturated rings. The number of Topliss-reactive ketones (excluding diaryl/α,β-unsaturated/α-hetero) is 1. The summed E-state index contributed by atoms with van der Waals surface area (Å²) in [5, 5.41) is 11.2. The molecule has 2 aliphatic rings. The number of phenols is 1. The van der Waals surface area contributed by atoms with Crippen LogP contribution in [0.1, 0.15) is 34.8 Å². The number of hydrogen-bond acceptors (Lipinski definition) is 7. The van der Waals surface area contributed by atoms with Crippen LogP contribution >= 0.6 is 0 Å². The number of carbonyl (C=O) groups is 2. The van der Waals surface area contributed by atoms with Gasteiger partial charge in [-0.2, -0.15) is 0 Å². The van der Waals surface area contributed by atoms with Crippen LogP contribution in [0.3, 0.4) is 0 Å². The van der Waals surface area contributed by atoms with E-state index in [-0.39, 0.29) is 28.9 Å². The molecule has 1 N–H and O–H groups in total. The molecule has 0 aliphatic carbocycles. The molecule has 0 bridgehead atoms. The van der Waals surface area contributed by atoms with Crippen molar-refractivity contribution in [3.05, 3.63) is 39.2 Å². The van der Waals surface area contributed by atoms with Gasteiger partial charge in [-0.3, -0.25) is 14.5 Å². The molecule has 160 valence electrons. The van der Waals surface area contributed by atoms with Gasteiger partial charge in [0.25, 0.3) is 0 Å². The van der Waals surface area contributed by atoms with Gasteiger partial charge in [0.05, 0.1) is 18.1 Å². The van der Waals surface area contributed by atoms with Crippen LogP contribution in [-0.4, -0.2) is 66.0 Å². The number of aromatic hydroxyl groups is 1. The fourth-order valence-corrected chi connectivity index (χ4v) is 4.21. The third kappa shape index (κ3) is 3.85. The summed E-state index contributed by atoms with van der Waals surface area (Å²) in [5.74, 6) is -0.182. The Morgan fingerprint density at radius 2 is 1.93 bits per heavy atom. The molecule has 1 amide bonds. The summed E-state index contributed by atoms with van der Waals surface area (Å²) in [4.78, 5) is 40.5. The summed E-state index contributed by atoms with van der Waals surface area (Å²) in [6.07, 6.45) is 0.781. The Kier molecular flexibility index (Phi) is 5.62. The van der Waals surface area contributed by atoms with E-state index in [2.05, 4.69) is 4.90 Å². The van der Waals surface area contributed by atoms with Gasteiger partial charge in [0, 0.05) is 44.7 Å². The van der Waals surface area contributed by atoms with Gasteiger partial charge < -0.3 is 19.2 Å². The number of carbonyl (C=O) groups excluding carboxylic acids is 2. The number of amides is 1. The third-order valence-corrected chi connectivity index (χ3v) is 6.03. The highest BCUT2D eigenvalue weighted by Gasteiger charge is 2.30. The number of hydrogen-bond donors (Lipinski definition) is 1. The summed E-state index contributed by atoms with van der Waals surface area (Å²) in [7, 11) is 0. The molecule has 4 rings (SSSR count). The monoisotopic (exact) mass is 414 g/mol. The number of benzene rings is 1. The molecule has 2 aromatic rings. The van der Waals surface area contributed by atoms with Crippen LogP contribution in [-0.2, 0) is 16.1 Å². The fourth-order valence-electron chi connectivity index (χ4n) is 4.21. The van der Waals surface area contributed by atoms with Crippen molar-refractivity contribution >= 4 is 22.7 Å². The molecule has 30 heavy (non-hydrogen) atoms. The molecule has 1 atom stereocenters. The summed E-state index contributed by atoms with van der Waals surface area (Å²) >= 11 is 0. The average molecular weight is 414 g/mol. The predicted molar refractivity (Wildman–Crippen MR) is 110 cm³/mol. The first-order chi connectivity index (χ1) is 14.3. The lowest BCUT2D eigenvalue weighted by molar-refractivity contribution is -0.137. The molecule has 1 aromatic carbocycles. The molecule has 1 aromatic heterocycles. The van der Waals surface area contributed by atoms with Crippen LogP contribution in [0.25, 0.3) is 11.0 Å². The van der Waals surface area contributed by atoms with Crippen molar-refractivity contribution in [2.75, 3.05) is 39.4 Å².